The van der Waals surface area contributed by atoms with Crippen molar-refractivity contribution in [1.29, 1.82) is 0 Å². The summed E-state index contributed by atoms with van der Waals surface area (Å²) in [6.45, 7) is 3.59. The van der Waals surface area contributed by atoms with Gasteiger partial charge in [-0.25, -0.2) is 0 Å². The second kappa shape index (κ2) is 9.47. The van der Waals surface area contributed by atoms with Crippen molar-refractivity contribution in [3.8, 4) is 23.0 Å². The fourth-order valence-electron chi connectivity index (χ4n) is 3.00. The molecule has 4 aromatic rings. The minimum atomic E-state index is -0.592. The molecule has 0 bridgehead atoms. The zero-order chi connectivity index (χ0) is 20.8. The summed E-state index contributed by atoms with van der Waals surface area (Å²) >= 11 is 0. The van der Waals surface area contributed by atoms with E-state index in [1.165, 1.54) is 0 Å². The molecule has 0 spiro atoms. The molecule has 2 heterocycles. The standard InChI is InChI=1S/C23H24N2O5/c1-16-11-21(25-30-16)23-13-17-12-20(7-8-22(17)29-23)27-10-9-24-14-18(26)15-28-19-5-3-2-4-6-19/h2-8,11-13,18,24,26H,9-10,14-15H2,1H3. The second-order valence-electron chi connectivity index (χ2n) is 6.96. The topological polar surface area (TPSA) is 89.9 Å². The van der Waals surface area contributed by atoms with Crippen LogP contribution in [0.3, 0.4) is 0 Å². The first-order valence-electron chi connectivity index (χ1n) is 9.84. The molecule has 0 aliphatic heterocycles. The second-order valence-corrected chi connectivity index (χ2v) is 6.96. The van der Waals surface area contributed by atoms with Crippen molar-refractivity contribution in [3.63, 3.8) is 0 Å². The molecule has 4 rings (SSSR count). The summed E-state index contributed by atoms with van der Waals surface area (Å²) in [7, 11) is 0. The first kappa shape index (κ1) is 20.0. The molecule has 0 radical (unpaired) electrons. The summed E-state index contributed by atoms with van der Waals surface area (Å²) in [4.78, 5) is 0. The highest BCUT2D eigenvalue weighted by Crippen LogP contribution is 2.29. The van der Waals surface area contributed by atoms with Crippen molar-refractivity contribution in [2.75, 3.05) is 26.3 Å². The number of hydrogen-bond acceptors (Lipinski definition) is 7. The van der Waals surface area contributed by atoms with Crippen molar-refractivity contribution >= 4 is 11.0 Å². The molecule has 0 aliphatic carbocycles. The van der Waals surface area contributed by atoms with Crippen molar-refractivity contribution in [2.45, 2.75) is 13.0 Å². The van der Waals surface area contributed by atoms with Crippen LogP contribution in [0.4, 0.5) is 0 Å². The Morgan fingerprint density at radius 1 is 1.03 bits per heavy atom. The summed E-state index contributed by atoms with van der Waals surface area (Å²) < 4.78 is 22.2. The van der Waals surface area contributed by atoms with Gasteiger partial charge in [0, 0.05) is 24.5 Å². The van der Waals surface area contributed by atoms with Gasteiger partial charge < -0.3 is 28.8 Å². The SMILES string of the molecule is Cc1cc(-c2cc3cc(OCCNCC(O)COc4ccccc4)ccc3o2)no1. The monoisotopic (exact) mass is 408 g/mol. The van der Waals surface area contributed by atoms with Crippen molar-refractivity contribution < 1.29 is 23.5 Å². The minimum absolute atomic E-state index is 0.238. The van der Waals surface area contributed by atoms with E-state index >= 15 is 0 Å². The number of aliphatic hydroxyl groups excluding tert-OH is 1. The van der Waals surface area contributed by atoms with Crippen LogP contribution in [0, 0.1) is 6.92 Å². The average molecular weight is 408 g/mol. The van der Waals surface area contributed by atoms with Gasteiger partial charge in [-0.3, -0.25) is 0 Å². The number of aliphatic hydroxyl groups is 1. The van der Waals surface area contributed by atoms with Crippen molar-refractivity contribution in [2.24, 2.45) is 0 Å². The molecule has 156 valence electrons. The van der Waals surface area contributed by atoms with Crippen LogP contribution in [0.25, 0.3) is 22.4 Å². The van der Waals surface area contributed by atoms with E-state index in [1.807, 2.05) is 67.6 Å². The minimum Gasteiger partial charge on any atom is -0.492 e. The number of nitrogens with zero attached hydrogens (tertiary/aromatic N) is 1. The van der Waals surface area contributed by atoms with E-state index in [2.05, 4.69) is 10.5 Å². The molecule has 2 aromatic carbocycles. The van der Waals surface area contributed by atoms with Gasteiger partial charge >= 0.3 is 0 Å². The quantitative estimate of drug-likeness (QED) is 0.386. The van der Waals surface area contributed by atoms with Crippen molar-refractivity contribution in [1.82, 2.24) is 10.5 Å². The number of para-hydroxylation sites is 1. The lowest BCUT2D eigenvalue weighted by atomic mass is 10.2. The molecule has 1 atom stereocenters. The van der Waals surface area contributed by atoms with Gasteiger partial charge in [-0.1, -0.05) is 23.4 Å². The molecular formula is C23H24N2O5. The smallest absolute Gasteiger partial charge is 0.157 e. The number of rotatable bonds is 10. The third-order valence-electron chi connectivity index (χ3n) is 4.48. The van der Waals surface area contributed by atoms with Crippen LogP contribution in [0.2, 0.25) is 0 Å². The van der Waals surface area contributed by atoms with Gasteiger partial charge in [-0.15, -0.1) is 0 Å². The van der Waals surface area contributed by atoms with E-state index in [0.29, 0.717) is 31.2 Å². The molecule has 1 unspecified atom stereocenters. The maximum Gasteiger partial charge on any atom is 0.157 e. The predicted octanol–water partition coefficient (Wildman–Crippen LogP) is 3.80. The molecule has 7 nitrogen and oxygen atoms in total. The van der Waals surface area contributed by atoms with Crippen molar-refractivity contribution in [3.05, 3.63) is 66.4 Å². The number of aromatic nitrogens is 1. The van der Waals surface area contributed by atoms with Crippen LogP contribution in [-0.2, 0) is 0 Å². The van der Waals surface area contributed by atoms with Gasteiger partial charge in [0.2, 0.25) is 0 Å². The Labute approximate surface area is 174 Å². The third-order valence-corrected chi connectivity index (χ3v) is 4.48. The van der Waals surface area contributed by atoms with Gasteiger partial charge in [-0.05, 0) is 43.3 Å². The zero-order valence-electron chi connectivity index (χ0n) is 16.7. The van der Waals surface area contributed by atoms with Crippen LogP contribution in [0.5, 0.6) is 11.5 Å². The van der Waals surface area contributed by atoms with Gasteiger partial charge in [0.05, 0.1) is 0 Å². The maximum atomic E-state index is 9.99. The number of hydrogen-bond donors (Lipinski definition) is 2. The summed E-state index contributed by atoms with van der Waals surface area (Å²) in [5.74, 6) is 2.89. The lowest BCUT2D eigenvalue weighted by Gasteiger charge is -2.13. The summed E-state index contributed by atoms with van der Waals surface area (Å²) in [6.07, 6.45) is -0.592. The predicted molar refractivity (Wildman–Crippen MR) is 113 cm³/mol. The van der Waals surface area contributed by atoms with E-state index in [0.717, 1.165) is 28.2 Å². The van der Waals surface area contributed by atoms with Gasteiger partial charge in [0.25, 0.3) is 0 Å². The number of fused-ring (bicyclic) bond motifs is 1. The fraction of sp³-hybridized carbons (Fsp3) is 0.261. The van der Waals surface area contributed by atoms with E-state index < -0.39 is 6.10 Å². The first-order chi connectivity index (χ1) is 14.7. The van der Waals surface area contributed by atoms with E-state index in [9.17, 15) is 5.11 Å². The molecule has 0 fully saturated rings. The number of aryl methyl sites for hydroxylation is 1. The highest BCUT2D eigenvalue weighted by Gasteiger charge is 2.11. The Morgan fingerprint density at radius 3 is 2.70 bits per heavy atom. The third kappa shape index (κ3) is 5.20. The summed E-state index contributed by atoms with van der Waals surface area (Å²) in [5, 5.41) is 18.1. The molecule has 0 aliphatic rings. The molecule has 30 heavy (non-hydrogen) atoms. The molecule has 2 N–H and O–H groups in total. The lowest BCUT2D eigenvalue weighted by Crippen LogP contribution is -2.33. The number of benzene rings is 2. The van der Waals surface area contributed by atoms with E-state index in [1.54, 1.807) is 0 Å². The first-order valence-corrected chi connectivity index (χ1v) is 9.84. The van der Waals surface area contributed by atoms with Gasteiger partial charge in [-0.2, -0.15) is 0 Å². The van der Waals surface area contributed by atoms with Gasteiger partial charge in [0.15, 0.2) is 5.76 Å². The Bertz CT molecular complexity index is 1070. The van der Waals surface area contributed by atoms with Crippen LogP contribution < -0.4 is 14.8 Å². The summed E-state index contributed by atoms with van der Waals surface area (Å²) in [6, 6.07) is 18.9. The van der Waals surface area contributed by atoms with Crippen LogP contribution in [0.1, 0.15) is 5.76 Å². The molecule has 2 aromatic heterocycles. The van der Waals surface area contributed by atoms with Gasteiger partial charge in [0.1, 0.15) is 47.9 Å². The van der Waals surface area contributed by atoms with Crippen LogP contribution in [0.15, 0.2) is 69.6 Å². The molecule has 0 saturated heterocycles. The molecule has 7 heteroatoms. The molecule has 0 amide bonds. The Morgan fingerprint density at radius 2 is 1.90 bits per heavy atom. The number of nitrogens with one attached hydrogen (secondary N) is 1. The number of ether oxygens (including phenoxy) is 2. The molecular weight excluding hydrogens is 384 g/mol. The Kier molecular flexibility index (Phi) is 6.32. The van der Waals surface area contributed by atoms with E-state index in [-0.39, 0.29) is 6.61 Å². The van der Waals surface area contributed by atoms with Crippen LogP contribution >= 0.6 is 0 Å². The maximum absolute atomic E-state index is 9.99. The lowest BCUT2D eigenvalue weighted by molar-refractivity contribution is 0.105. The Hall–Kier alpha value is -3.29. The largest absolute Gasteiger partial charge is 0.492 e. The number of furan rings is 1. The Balaban J connectivity index is 1.20. The zero-order valence-corrected chi connectivity index (χ0v) is 16.7. The summed E-state index contributed by atoms with van der Waals surface area (Å²) in [5.41, 5.74) is 1.43. The molecule has 0 saturated carbocycles. The highest BCUT2D eigenvalue weighted by atomic mass is 16.5. The average Bonchev–Trinajstić information content (AvgIpc) is 3.38. The van der Waals surface area contributed by atoms with E-state index in [4.69, 9.17) is 18.4 Å². The highest BCUT2D eigenvalue weighted by molar-refractivity contribution is 5.83. The van der Waals surface area contributed by atoms with Crippen LogP contribution in [-0.4, -0.2) is 42.7 Å². The fourth-order valence-corrected chi connectivity index (χ4v) is 3.00. The normalized spacial score (nSPS) is 12.2.